The van der Waals surface area contributed by atoms with E-state index in [0.29, 0.717) is 6.10 Å². The molecule has 3 aliphatic rings. The molecule has 2 N–H and O–H groups in total. The zero-order valence-electron chi connectivity index (χ0n) is 10.5. The molecule has 2 saturated heterocycles. The summed E-state index contributed by atoms with van der Waals surface area (Å²) in [6, 6.07) is 0.813. The quantitative estimate of drug-likeness (QED) is 0.728. The van der Waals surface area contributed by atoms with Gasteiger partial charge in [-0.25, -0.2) is 0 Å². The first-order chi connectivity index (χ1) is 8.31. The lowest BCUT2D eigenvalue weighted by atomic mass is 9.99. The Morgan fingerprint density at radius 3 is 2.88 bits per heavy atom. The van der Waals surface area contributed by atoms with Gasteiger partial charge in [0.2, 0.25) is 0 Å². The maximum atomic E-state index is 9.68. The second kappa shape index (κ2) is 4.84. The van der Waals surface area contributed by atoms with Gasteiger partial charge in [0, 0.05) is 32.3 Å². The van der Waals surface area contributed by atoms with E-state index in [1.807, 2.05) is 0 Å². The largest absolute Gasteiger partial charge is 0.394 e. The molecular formula is C13H24N2O2. The van der Waals surface area contributed by atoms with E-state index in [9.17, 15) is 5.11 Å². The zero-order valence-corrected chi connectivity index (χ0v) is 10.5. The van der Waals surface area contributed by atoms with Crippen LogP contribution >= 0.6 is 0 Å². The third kappa shape index (κ3) is 2.65. The van der Waals surface area contributed by atoms with Crippen LogP contribution in [-0.2, 0) is 4.74 Å². The molecule has 4 heteroatoms. The number of hydrogen-bond donors (Lipinski definition) is 2. The minimum absolute atomic E-state index is 0.0610. The molecule has 98 valence electrons. The molecule has 0 aromatic carbocycles. The number of aliphatic hydroxyl groups excluding tert-OH is 1. The van der Waals surface area contributed by atoms with Gasteiger partial charge in [0.1, 0.15) is 0 Å². The molecule has 0 radical (unpaired) electrons. The van der Waals surface area contributed by atoms with Gasteiger partial charge in [0.15, 0.2) is 0 Å². The second-order valence-electron chi connectivity index (χ2n) is 5.91. The summed E-state index contributed by atoms with van der Waals surface area (Å²) in [5.74, 6) is 0. The fraction of sp³-hybridized carbons (Fsp3) is 1.00. The molecule has 0 bridgehead atoms. The van der Waals surface area contributed by atoms with E-state index < -0.39 is 0 Å². The van der Waals surface area contributed by atoms with Crippen molar-refractivity contribution in [2.24, 2.45) is 0 Å². The maximum Gasteiger partial charge on any atom is 0.0700 e. The fourth-order valence-corrected chi connectivity index (χ4v) is 3.12. The van der Waals surface area contributed by atoms with Crippen LogP contribution < -0.4 is 5.32 Å². The van der Waals surface area contributed by atoms with Crippen molar-refractivity contribution in [2.75, 3.05) is 32.8 Å². The van der Waals surface area contributed by atoms with Crippen LogP contribution in [0.15, 0.2) is 0 Å². The van der Waals surface area contributed by atoms with Gasteiger partial charge in [-0.3, -0.25) is 4.90 Å². The molecule has 1 saturated carbocycles. The Bertz CT molecular complexity index is 264. The summed E-state index contributed by atoms with van der Waals surface area (Å²) in [7, 11) is 0. The normalized spacial score (nSPS) is 39.0. The Labute approximate surface area is 103 Å². The first kappa shape index (κ1) is 11.9. The third-order valence-corrected chi connectivity index (χ3v) is 4.48. The average Bonchev–Trinajstić information content (AvgIpc) is 2.93. The summed E-state index contributed by atoms with van der Waals surface area (Å²) in [5, 5.41) is 13.3. The molecule has 3 fully saturated rings. The van der Waals surface area contributed by atoms with Gasteiger partial charge in [-0.2, -0.15) is 0 Å². The minimum Gasteiger partial charge on any atom is -0.394 e. The van der Waals surface area contributed by atoms with Gasteiger partial charge >= 0.3 is 0 Å². The lowest BCUT2D eigenvalue weighted by Gasteiger charge is -2.30. The molecule has 2 aliphatic heterocycles. The summed E-state index contributed by atoms with van der Waals surface area (Å²) in [4.78, 5) is 2.54. The van der Waals surface area contributed by atoms with Gasteiger partial charge in [-0.05, 0) is 32.1 Å². The fourth-order valence-electron chi connectivity index (χ4n) is 3.12. The monoisotopic (exact) mass is 240 g/mol. The van der Waals surface area contributed by atoms with Crippen molar-refractivity contribution in [3.8, 4) is 0 Å². The first-order valence-corrected chi connectivity index (χ1v) is 7.03. The molecule has 3 rings (SSSR count). The standard InChI is InChI=1S/C13H24N2O2/c16-10-13(14-8-12-2-1-7-17-12)5-6-15(9-13)11-3-4-11/h11-12,14,16H,1-10H2. The van der Waals surface area contributed by atoms with Crippen LogP contribution in [0.1, 0.15) is 32.1 Å². The highest BCUT2D eigenvalue weighted by Crippen LogP contribution is 2.33. The van der Waals surface area contributed by atoms with E-state index in [4.69, 9.17) is 4.74 Å². The van der Waals surface area contributed by atoms with Crippen molar-refractivity contribution in [1.82, 2.24) is 10.2 Å². The Hall–Kier alpha value is -0.160. The number of ether oxygens (including phenoxy) is 1. The minimum atomic E-state index is -0.0610. The molecule has 2 heterocycles. The Balaban J connectivity index is 1.51. The van der Waals surface area contributed by atoms with Crippen LogP contribution in [0.25, 0.3) is 0 Å². The lowest BCUT2D eigenvalue weighted by Crippen LogP contribution is -2.53. The third-order valence-electron chi connectivity index (χ3n) is 4.48. The van der Waals surface area contributed by atoms with E-state index in [-0.39, 0.29) is 12.1 Å². The zero-order chi connectivity index (χ0) is 11.7. The number of aliphatic hydroxyl groups is 1. The van der Waals surface area contributed by atoms with Crippen molar-refractivity contribution in [3.63, 3.8) is 0 Å². The maximum absolute atomic E-state index is 9.68. The summed E-state index contributed by atoms with van der Waals surface area (Å²) in [6.07, 6.45) is 6.51. The van der Waals surface area contributed by atoms with Crippen LogP contribution in [0.3, 0.4) is 0 Å². The smallest absolute Gasteiger partial charge is 0.0700 e. The predicted octanol–water partition coefficient (Wildman–Crippen LogP) is 0.354. The molecule has 2 atom stereocenters. The highest BCUT2D eigenvalue weighted by molar-refractivity contribution is 5.01. The van der Waals surface area contributed by atoms with E-state index >= 15 is 0 Å². The van der Waals surface area contributed by atoms with Crippen molar-refractivity contribution < 1.29 is 9.84 Å². The SMILES string of the molecule is OCC1(NCC2CCCO2)CCN(C2CC2)C1. The highest BCUT2D eigenvalue weighted by atomic mass is 16.5. The summed E-state index contributed by atoms with van der Waals surface area (Å²) in [6.45, 7) is 4.22. The second-order valence-corrected chi connectivity index (χ2v) is 5.91. The summed E-state index contributed by atoms with van der Waals surface area (Å²) >= 11 is 0. The van der Waals surface area contributed by atoms with Crippen LogP contribution in [0, 0.1) is 0 Å². The molecule has 4 nitrogen and oxygen atoms in total. The first-order valence-electron chi connectivity index (χ1n) is 7.03. The summed E-state index contributed by atoms with van der Waals surface area (Å²) < 4.78 is 5.63. The van der Waals surface area contributed by atoms with Crippen molar-refractivity contribution >= 4 is 0 Å². The van der Waals surface area contributed by atoms with Crippen LogP contribution in [0.2, 0.25) is 0 Å². The van der Waals surface area contributed by atoms with E-state index in [2.05, 4.69) is 10.2 Å². The molecule has 1 aliphatic carbocycles. The number of hydrogen-bond acceptors (Lipinski definition) is 4. The molecule has 0 aromatic rings. The molecule has 0 spiro atoms. The van der Waals surface area contributed by atoms with Crippen molar-refractivity contribution in [1.29, 1.82) is 0 Å². The Kier molecular flexibility index (Phi) is 3.39. The number of nitrogens with one attached hydrogen (secondary N) is 1. The van der Waals surface area contributed by atoms with Gasteiger partial charge in [0.25, 0.3) is 0 Å². The van der Waals surface area contributed by atoms with Crippen LogP contribution in [-0.4, -0.2) is 60.5 Å². The van der Waals surface area contributed by atoms with Crippen LogP contribution in [0.4, 0.5) is 0 Å². The Morgan fingerprint density at radius 1 is 1.35 bits per heavy atom. The number of rotatable bonds is 5. The summed E-state index contributed by atoms with van der Waals surface area (Å²) in [5.41, 5.74) is -0.0610. The van der Waals surface area contributed by atoms with Gasteiger partial charge < -0.3 is 15.2 Å². The average molecular weight is 240 g/mol. The molecule has 0 amide bonds. The van der Waals surface area contributed by atoms with Gasteiger partial charge in [0.05, 0.1) is 18.2 Å². The van der Waals surface area contributed by atoms with Gasteiger partial charge in [-0.1, -0.05) is 0 Å². The topological polar surface area (TPSA) is 44.7 Å². The molecule has 0 aromatic heterocycles. The number of likely N-dealkylation sites (tertiary alicyclic amines) is 1. The molecule has 17 heavy (non-hydrogen) atoms. The van der Waals surface area contributed by atoms with E-state index in [1.54, 1.807) is 0 Å². The number of nitrogens with zero attached hydrogens (tertiary/aromatic N) is 1. The van der Waals surface area contributed by atoms with Crippen molar-refractivity contribution in [3.05, 3.63) is 0 Å². The van der Waals surface area contributed by atoms with E-state index in [0.717, 1.165) is 38.7 Å². The highest BCUT2D eigenvalue weighted by Gasteiger charge is 2.42. The van der Waals surface area contributed by atoms with E-state index in [1.165, 1.54) is 25.7 Å². The molecular weight excluding hydrogens is 216 g/mol. The van der Waals surface area contributed by atoms with Gasteiger partial charge in [-0.15, -0.1) is 0 Å². The van der Waals surface area contributed by atoms with Crippen LogP contribution in [0.5, 0.6) is 0 Å². The Morgan fingerprint density at radius 2 is 2.24 bits per heavy atom. The molecule has 2 unspecified atom stereocenters. The lowest BCUT2D eigenvalue weighted by molar-refractivity contribution is 0.0885. The van der Waals surface area contributed by atoms with Crippen molar-refractivity contribution in [2.45, 2.75) is 49.8 Å². The predicted molar refractivity (Wildman–Crippen MR) is 66.0 cm³/mol.